The minimum Gasteiger partial charge on any atom is -0.377 e. The molecule has 2 N–H and O–H groups in total. The lowest BCUT2D eigenvalue weighted by molar-refractivity contribution is -0.122. The molecule has 5 heteroatoms. The maximum Gasteiger partial charge on any atom is 0.220 e. The van der Waals surface area contributed by atoms with E-state index in [1.165, 1.54) is 12.8 Å². The molecule has 0 spiro atoms. The molecule has 2 saturated heterocycles. The average molecular weight is 353 g/mol. The Morgan fingerprint density at radius 2 is 1.88 bits per heavy atom. The monoisotopic (exact) mass is 352 g/mol. The van der Waals surface area contributed by atoms with E-state index < -0.39 is 0 Å². The molecular weight excluding hydrogens is 324 g/mol. The molecule has 0 aromatic heterocycles. The summed E-state index contributed by atoms with van der Waals surface area (Å²) in [5.41, 5.74) is 2.31. The average Bonchev–Trinajstić information content (AvgIpc) is 2.90. The fourth-order valence-corrected chi connectivity index (χ4v) is 3.95. The molecule has 1 aromatic carbocycles. The van der Waals surface area contributed by atoms with Crippen molar-refractivity contribution in [1.29, 1.82) is 0 Å². The summed E-state index contributed by atoms with van der Waals surface area (Å²) >= 11 is 0. The fraction of sp³-hybridized carbons (Fsp3) is 0.632. The van der Waals surface area contributed by atoms with E-state index in [1.54, 1.807) is 0 Å². The van der Waals surface area contributed by atoms with Crippen molar-refractivity contribution in [2.24, 2.45) is 5.92 Å². The zero-order chi connectivity index (χ0) is 16.1. The molecule has 2 aliphatic rings. The smallest absolute Gasteiger partial charge is 0.220 e. The first-order valence-electron chi connectivity index (χ1n) is 8.92. The predicted molar refractivity (Wildman–Crippen MR) is 98.2 cm³/mol. The second-order valence-electron chi connectivity index (χ2n) is 6.86. The predicted octanol–water partition coefficient (Wildman–Crippen LogP) is 3.18. The normalized spacial score (nSPS) is 25.1. The molecule has 4 nitrogen and oxygen atoms in total. The van der Waals surface area contributed by atoms with E-state index in [9.17, 15) is 4.79 Å². The Kier molecular flexibility index (Phi) is 7.53. The number of hydrogen-bond acceptors (Lipinski definition) is 3. The molecule has 2 fully saturated rings. The minimum atomic E-state index is 0. The van der Waals surface area contributed by atoms with E-state index in [0.717, 1.165) is 24.0 Å². The van der Waals surface area contributed by atoms with Crippen LogP contribution in [-0.2, 0) is 22.7 Å². The number of amides is 1. The maximum atomic E-state index is 12.3. The molecular formula is C19H29ClN2O2. The van der Waals surface area contributed by atoms with E-state index in [-0.39, 0.29) is 18.3 Å². The van der Waals surface area contributed by atoms with Crippen molar-refractivity contribution in [3.8, 4) is 0 Å². The lowest BCUT2D eigenvalue weighted by Gasteiger charge is -2.28. The second kappa shape index (κ2) is 9.40. The number of rotatable bonds is 7. The van der Waals surface area contributed by atoms with Crippen LogP contribution in [0.15, 0.2) is 24.3 Å². The highest BCUT2D eigenvalue weighted by Crippen LogP contribution is 2.32. The lowest BCUT2D eigenvalue weighted by Crippen LogP contribution is -2.39. The Morgan fingerprint density at radius 1 is 1.21 bits per heavy atom. The first kappa shape index (κ1) is 19.2. The molecule has 0 radical (unpaired) electrons. The van der Waals surface area contributed by atoms with Crippen molar-refractivity contribution in [3.63, 3.8) is 0 Å². The highest BCUT2D eigenvalue weighted by Gasteiger charge is 2.34. The van der Waals surface area contributed by atoms with Gasteiger partial charge in [0.15, 0.2) is 0 Å². The Balaban J connectivity index is 0.00000208. The summed E-state index contributed by atoms with van der Waals surface area (Å²) in [6.07, 6.45) is 5.55. The van der Waals surface area contributed by atoms with Crippen LogP contribution in [0.5, 0.6) is 0 Å². The first-order valence-corrected chi connectivity index (χ1v) is 8.92. The molecule has 2 heterocycles. The van der Waals surface area contributed by atoms with Gasteiger partial charge in [-0.25, -0.2) is 0 Å². The van der Waals surface area contributed by atoms with Gasteiger partial charge in [-0.1, -0.05) is 24.3 Å². The van der Waals surface area contributed by atoms with Gasteiger partial charge >= 0.3 is 0 Å². The van der Waals surface area contributed by atoms with E-state index in [1.807, 2.05) is 19.1 Å². The zero-order valence-corrected chi connectivity index (χ0v) is 15.2. The molecule has 0 aliphatic carbocycles. The third-order valence-electron chi connectivity index (χ3n) is 5.10. The summed E-state index contributed by atoms with van der Waals surface area (Å²) in [7, 11) is 0. The number of benzene rings is 1. The van der Waals surface area contributed by atoms with Gasteiger partial charge in [0, 0.05) is 31.7 Å². The van der Waals surface area contributed by atoms with E-state index >= 15 is 0 Å². The standard InChI is InChI=1S/C19H28N2O2.ClH/c1-2-23-13-16-6-4-3-5-15(16)12-20-19(22)11-14-9-17-7-8-18(10-14)21-17;/h3-6,14,17-18,21H,2,7-13H2,1H3,(H,20,22);1H. The third-order valence-corrected chi connectivity index (χ3v) is 5.10. The summed E-state index contributed by atoms with van der Waals surface area (Å²) in [4.78, 5) is 12.3. The van der Waals surface area contributed by atoms with Crippen LogP contribution in [0.25, 0.3) is 0 Å². The van der Waals surface area contributed by atoms with Gasteiger partial charge in [0.1, 0.15) is 0 Å². The van der Waals surface area contributed by atoms with Crippen LogP contribution in [0.3, 0.4) is 0 Å². The SMILES string of the molecule is CCOCc1ccccc1CNC(=O)CC1CC2CCC(C1)N2.Cl. The molecule has 24 heavy (non-hydrogen) atoms. The largest absolute Gasteiger partial charge is 0.377 e. The quantitative estimate of drug-likeness (QED) is 0.792. The number of hydrogen-bond donors (Lipinski definition) is 2. The molecule has 2 aliphatic heterocycles. The second-order valence-corrected chi connectivity index (χ2v) is 6.86. The van der Waals surface area contributed by atoms with E-state index in [0.29, 0.717) is 44.2 Å². The highest BCUT2D eigenvalue weighted by atomic mass is 35.5. The Bertz CT molecular complexity index is 526. The summed E-state index contributed by atoms with van der Waals surface area (Å²) in [5.74, 6) is 0.731. The van der Waals surface area contributed by atoms with Crippen molar-refractivity contribution in [2.75, 3.05) is 6.61 Å². The van der Waals surface area contributed by atoms with Crippen molar-refractivity contribution in [3.05, 3.63) is 35.4 Å². The maximum absolute atomic E-state index is 12.3. The number of carbonyl (C=O) groups is 1. The number of halogens is 1. The Morgan fingerprint density at radius 3 is 2.54 bits per heavy atom. The highest BCUT2D eigenvalue weighted by molar-refractivity contribution is 5.85. The number of piperidine rings is 1. The minimum absolute atomic E-state index is 0. The number of fused-ring (bicyclic) bond motifs is 2. The van der Waals surface area contributed by atoms with Crippen molar-refractivity contribution in [2.45, 2.75) is 64.3 Å². The van der Waals surface area contributed by atoms with Gasteiger partial charge in [0.05, 0.1) is 6.61 Å². The molecule has 0 saturated carbocycles. The van der Waals surface area contributed by atoms with Crippen LogP contribution < -0.4 is 10.6 Å². The van der Waals surface area contributed by atoms with Gasteiger partial charge in [-0.05, 0) is 49.7 Å². The van der Waals surface area contributed by atoms with Gasteiger partial charge < -0.3 is 15.4 Å². The van der Waals surface area contributed by atoms with E-state index in [2.05, 4.69) is 22.8 Å². The van der Waals surface area contributed by atoms with Crippen molar-refractivity contribution >= 4 is 18.3 Å². The lowest BCUT2D eigenvalue weighted by atomic mass is 9.89. The zero-order valence-electron chi connectivity index (χ0n) is 14.4. The van der Waals surface area contributed by atoms with Crippen molar-refractivity contribution in [1.82, 2.24) is 10.6 Å². The summed E-state index contributed by atoms with van der Waals surface area (Å²) < 4.78 is 5.50. The molecule has 2 unspecified atom stereocenters. The molecule has 2 bridgehead atoms. The molecule has 3 rings (SSSR count). The number of nitrogens with one attached hydrogen (secondary N) is 2. The van der Waals surface area contributed by atoms with Gasteiger partial charge in [-0.2, -0.15) is 0 Å². The van der Waals surface area contributed by atoms with Crippen LogP contribution in [0.1, 0.15) is 50.2 Å². The van der Waals surface area contributed by atoms with Gasteiger partial charge in [0.2, 0.25) is 5.91 Å². The van der Waals surface area contributed by atoms with Crippen LogP contribution in [0, 0.1) is 5.92 Å². The summed E-state index contributed by atoms with van der Waals surface area (Å²) in [6.45, 7) is 3.91. The summed E-state index contributed by atoms with van der Waals surface area (Å²) in [6, 6.07) is 9.48. The fourth-order valence-electron chi connectivity index (χ4n) is 3.95. The van der Waals surface area contributed by atoms with Crippen LogP contribution in [0.4, 0.5) is 0 Å². The molecule has 2 atom stereocenters. The Labute approximate surface area is 151 Å². The molecule has 1 amide bonds. The molecule has 134 valence electrons. The van der Waals surface area contributed by atoms with Gasteiger partial charge in [-0.3, -0.25) is 4.79 Å². The van der Waals surface area contributed by atoms with Crippen LogP contribution >= 0.6 is 12.4 Å². The number of ether oxygens (including phenoxy) is 1. The van der Waals surface area contributed by atoms with Crippen LogP contribution in [-0.4, -0.2) is 24.6 Å². The Hall–Kier alpha value is -1.10. The van der Waals surface area contributed by atoms with Crippen LogP contribution in [0.2, 0.25) is 0 Å². The number of carbonyl (C=O) groups excluding carboxylic acids is 1. The van der Waals surface area contributed by atoms with Gasteiger partial charge in [0.25, 0.3) is 0 Å². The van der Waals surface area contributed by atoms with E-state index in [4.69, 9.17) is 4.74 Å². The third kappa shape index (κ3) is 5.20. The van der Waals surface area contributed by atoms with Gasteiger partial charge in [-0.15, -0.1) is 12.4 Å². The van der Waals surface area contributed by atoms with Crippen molar-refractivity contribution < 1.29 is 9.53 Å². The summed E-state index contributed by atoms with van der Waals surface area (Å²) in [5, 5.41) is 6.73. The first-order chi connectivity index (χ1) is 11.2. The molecule has 1 aromatic rings. The topological polar surface area (TPSA) is 50.4 Å².